The summed E-state index contributed by atoms with van der Waals surface area (Å²) >= 11 is 0.951. The van der Waals surface area contributed by atoms with E-state index in [0.717, 1.165) is 11.3 Å². The van der Waals surface area contributed by atoms with E-state index >= 15 is 0 Å². The zero-order valence-electron chi connectivity index (χ0n) is 11.5. The Morgan fingerprint density at radius 2 is 2.05 bits per heavy atom. The number of ether oxygens (including phenoxy) is 2. The maximum absolute atomic E-state index is 12.3. The molecule has 1 amide bonds. The van der Waals surface area contributed by atoms with Gasteiger partial charge in [0.2, 0.25) is 6.79 Å². The smallest absolute Gasteiger partial charge is 0.338 e. The third kappa shape index (κ3) is 2.33. The van der Waals surface area contributed by atoms with Gasteiger partial charge in [-0.15, -0.1) is 11.3 Å². The highest BCUT2D eigenvalue weighted by atomic mass is 32.1. The predicted octanol–water partition coefficient (Wildman–Crippen LogP) is 2.32. The Labute approximate surface area is 129 Å². The molecule has 22 heavy (non-hydrogen) atoms. The lowest BCUT2D eigenvalue weighted by Gasteiger charge is -2.05. The van der Waals surface area contributed by atoms with Crippen molar-refractivity contribution in [1.82, 2.24) is 0 Å². The molecule has 0 saturated heterocycles. The molecule has 8 heteroatoms. The molecule has 0 radical (unpaired) electrons. The van der Waals surface area contributed by atoms with Gasteiger partial charge >= 0.3 is 5.97 Å². The van der Waals surface area contributed by atoms with Crippen molar-refractivity contribution >= 4 is 33.9 Å². The lowest BCUT2D eigenvalue weighted by molar-refractivity contribution is 0.0698. The number of nitrogens with two attached hydrogens (primary N) is 1. The summed E-state index contributed by atoms with van der Waals surface area (Å²) in [7, 11) is 0. The number of rotatable bonds is 3. The van der Waals surface area contributed by atoms with Gasteiger partial charge < -0.3 is 25.6 Å². The summed E-state index contributed by atoms with van der Waals surface area (Å²) in [4.78, 5) is 23.7. The van der Waals surface area contributed by atoms with Crippen LogP contribution in [-0.4, -0.2) is 23.8 Å². The second kappa shape index (κ2) is 5.23. The van der Waals surface area contributed by atoms with Crippen LogP contribution in [0.15, 0.2) is 18.2 Å². The molecule has 2 aromatic rings. The highest BCUT2D eigenvalue weighted by molar-refractivity contribution is 7.18. The molecule has 3 rings (SSSR count). The van der Waals surface area contributed by atoms with Crippen LogP contribution in [0.4, 0.5) is 10.7 Å². The van der Waals surface area contributed by atoms with Gasteiger partial charge in [-0.2, -0.15) is 0 Å². The second-order valence-electron chi connectivity index (χ2n) is 4.62. The number of nitrogens with one attached hydrogen (secondary N) is 1. The van der Waals surface area contributed by atoms with Crippen molar-refractivity contribution in [2.24, 2.45) is 0 Å². The van der Waals surface area contributed by atoms with Gasteiger partial charge in [-0.3, -0.25) is 4.79 Å². The summed E-state index contributed by atoms with van der Waals surface area (Å²) in [6.07, 6.45) is 0. The number of hydrogen-bond donors (Lipinski definition) is 3. The zero-order chi connectivity index (χ0) is 15.9. The molecule has 0 saturated carbocycles. The van der Waals surface area contributed by atoms with Crippen LogP contribution >= 0.6 is 11.3 Å². The second-order valence-corrected chi connectivity index (χ2v) is 5.67. The van der Waals surface area contributed by atoms with Crippen LogP contribution in [0.5, 0.6) is 11.5 Å². The monoisotopic (exact) mass is 320 g/mol. The average Bonchev–Trinajstić information content (AvgIpc) is 3.02. The highest BCUT2D eigenvalue weighted by Gasteiger charge is 2.23. The van der Waals surface area contributed by atoms with Crippen molar-refractivity contribution < 1.29 is 24.2 Å². The van der Waals surface area contributed by atoms with Crippen LogP contribution in [-0.2, 0) is 0 Å². The van der Waals surface area contributed by atoms with E-state index in [-0.39, 0.29) is 22.2 Å². The first-order valence-corrected chi connectivity index (χ1v) is 7.12. The Morgan fingerprint density at radius 3 is 2.73 bits per heavy atom. The van der Waals surface area contributed by atoms with E-state index < -0.39 is 11.9 Å². The molecule has 0 unspecified atom stereocenters. The van der Waals surface area contributed by atoms with E-state index in [4.69, 9.17) is 20.3 Å². The van der Waals surface area contributed by atoms with Gasteiger partial charge in [-0.05, 0) is 24.6 Å². The van der Waals surface area contributed by atoms with Crippen molar-refractivity contribution in [1.29, 1.82) is 0 Å². The van der Waals surface area contributed by atoms with E-state index in [9.17, 15) is 9.59 Å². The minimum Gasteiger partial charge on any atom is -0.478 e. The number of fused-ring (bicyclic) bond motifs is 1. The minimum absolute atomic E-state index is 0.0270. The fourth-order valence-electron chi connectivity index (χ4n) is 2.18. The quantitative estimate of drug-likeness (QED) is 0.800. The van der Waals surface area contributed by atoms with Gasteiger partial charge in [0.15, 0.2) is 11.5 Å². The number of benzene rings is 1. The van der Waals surface area contributed by atoms with E-state index in [0.29, 0.717) is 22.7 Å². The van der Waals surface area contributed by atoms with Crippen LogP contribution in [0, 0.1) is 6.92 Å². The molecule has 7 nitrogen and oxygen atoms in total. The van der Waals surface area contributed by atoms with E-state index in [2.05, 4.69) is 5.32 Å². The molecular weight excluding hydrogens is 308 g/mol. The molecule has 114 valence electrons. The number of aromatic carboxylic acids is 1. The van der Waals surface area contributed by atoms with Gasteiger partial charge in [0.1, 0.15) is 5.00 Å². The molecule has 1 aromatic heterocycles. The van der Waals surface area contributed by atoms with Crippen molar-refractivity contribution in [3.8, 4) is 11.5 Å². The number of carboxylic acids is 1. The van der Waals surface area contributed by atoms with Crippen LogP contribution in [0.3, 0.4) is 0 Å². The first-order chi connectivity index (χ1) is 10.5. The number of carboxylic acid groups (broad SMARTS) is 1. The first-order valence-electron chi connectivity index (χ1n) is 6.30. The normalized spacial score (nSPS) is 12.2. The summed E-state index contributed by atoms with van der Waals surface area (Å²) < 4.78 is 10.4. The number of nitrogen functional groups attached to an aromatic ring is 1. The third-order valence-electron chi connectivity index (χ3n) is 3.22. The Balaban J connectivity index is 1.86. The predicted molar refractivity (Wildman–Crippen MR) is 80.9 cm³/mol. The Morgan fingerprint density at radius 1 is 1.32 bits per heavy atom. The van der Waals surface area contributed by atoms with E-state index in [1.165, 1.54) is 0 Å². The fourth-order valence-corrected chi connectivity index (χ4v) is 3.14. The zero-order valence-corrected chi connectivity index (χ0v) is 12.3. The number of thiophene rings is 1. The Bertz CT molecular complexity index is 784. The highest BCUT2D eigenvalue weighted by Crippen LogP contribution is 2.35. The van der Waals surface area contributed by atoms with Crippen LogP contribution in [0.2, 0.25) is 0 Å². The summed E-state index contributed by atoms with van der Waals surface area (Å²) in [6.45, 7) is 1.71. The van der Waals surface area contributed by atoms with Crippen LogP contribution in [0.1, 0.15) is 25.6 Å². The topological polar surface area (TPSA) is 111 Å². The lowest BCUT2D eigenvalue weighted by atomic mass is 10.1. The number of carbonyl (C=O) groups excluding carboxylic acids is 1. The molecule has 1 aliphatic rings. The fraction of sp³-hybridized carbons (Fsp3) is 0.143. The van der Waals surface area contributed by atoms with Crippen molar-refractivity contribution in [2.45, 2.75) is 6.92 Å². The summed E-state index contributed by atoms with van der Waals surface area (Å²) in [5, 5.41) is 11.9. The molecule has 2 heterocycles. The Kier molecular flexibility index (Phi) is 3.38. The van der Waals surface area contributed by atoms with Crippen LogP contribution in [0.25, 0.3) is 0 Å². The third-order valence-corrected chi connectivity index (χ3v) is 4.34. The number of carbonyl (C=O) groups is 2. The van der Waals surface area contributed by atoms with Crippen molar-refractivity contribution in [2.75, 3.05) is 17.8 Å². The number of hydrogen-bond acceptors (Lipinski definition) is 6. The summed E-state index contributed by atoms with van der Waals surface area (Å²) in [6, 6.07) is 5.01. The van der Waals surface area contributed by atoms with Gasteiger partial charge in [-0.25, -0.2) is 4.79 Å². The maximum Gasteiger partial charge on any atom is 0.338 e. The van der Waals surface area contributed by atoms with Crippen LogP contribution < -0.4 is 20.5 Å². The maximum atomic E-state index is 12.3. The summed E-state index contributed by atoms with van der Waals surface area (Å²) in [5.41, 5.74) is 6.52. The van der Waals surface area contributed by atoms with Gasteiger partial charge in [0.05, 0.1) is 10.4 Å². The number of anilines is 2. The first kappa shape index (κ1) is 14.2. The molecule has 4 N–H and O–H groups in total. The largest absolute Gasteiger partial charge is 0.478 e. The molecule has 0 fully saturated rings. The molecule has 0 aliphatic carbocycles. The molecule has 0 bridgehead atoms. The standard InChI is InChI=1S/C14H12N2O5S/c1-6-10(14(18)19)12(15)22-11(6)13(17)16-7-2-3-8-9(4-7)21-5-20-8/h2-4H,5,15H2,1H3,(H,16,17)(H,18,19). The average molecular weight is 320 g/mol. The molecular formula is C14H12N2O5S. The molecule has 1 aromatic carbocycles. The summed E-state index contributed by atoms with van der Waals surface area (Å²) in [5.74, 6) is -0.400. The minimum atomic E-state index is -1.15. The van der Waals surface area contributed by atoms with Gasteiger partial charge in [0.25, 0.3) is 5.91 Å². The van der Waals surface area contributed by atoms with Gasteiger partial charge in [-0.1, -0.05) is 0 Å². The van der Waals surface area contributed by atoms with E-state index in [1.54, 1.807) is 25.1 Å². The number of amides is 1. The molecule has 1 aliphatic heterocycles. The molecule has 0 spiro atoms. The van der Waals surface area contributed by atoms with E-state index in [1.807, 2.05) is 0 Å². The van der Waals surface area contributed by atoms with Crippen molar-refractivity contribution in [3.63, 3.8) is 0 Å². The SMILES string of the molecule is Cc1c(C(=O)Nc2ccc3c(c2)OCO3)sc(N)c1C(=O)O. The lowest BCUT2D eigenvalue weighted by Crippen LogP contribution is -2.12. The molecule has 0 atom stereocenters. The van der Waals surface area contributed by atoms with Gasteiger partial charge in [0, 0.05) is 11.8 Å². The van der Waals surface area contributed by atoms with Crippen molar-refractivity contribution in [3.05, 3.63) is 34.2 Å². The Hall–Kier alpha value is -2.74.